The molecular weight excluding hydrogens is 312 g/mol. The van der Waals surface area contributed by atoms with E-state index in [9.17, 15) is 4.79 Å². The summed E-state index contributed by atoms with van der Waals surface area (Å²) in [5.41, 5.74) is 2.35. The third-order valence-corrected chi connectivity index (χ3v) is 4.24. The molecule has 1 aliphatic heterocycles. The molecule has 0 saturated heterocycles. The number of hydrogen-bond donors (Lipinski definition) is 1. The number of pyridine rings is 1. The maximum absolute atomic E-state index is 12.5. The van der Waals surface area contributed by atoms with Gasteiger partial charge in [-0.2, -0.15) is 0 Å². The van der Waals surface area contributed by atoms with Crippen molar-refractivity contribution < 1.29 is 9.53 Å². The van der Waals surface area contributed by atoms with Crippen LogP contribution < -0.4 is 10.1 Å². The van der Waals surface area contributed by atoms with Crippen LogP contribution in [0.4, 0.5) is 5.69 Å². The minimum absolute atomic E-state index is 0.185. The van der Waals surface area contributed by atoms with E-state index in [0.29, 0.717) is 22.6 Å². The van der Waals surface area contributed by atoms with Crippen molar-refractivity contribution in [3.63, 3.8) is 0 Å². The smallest absolute Gasteiger partial charge is 0.265 e. The van der Waals surface area contributed by atoms with Crippen molar-refractivity contribution in [1.29, 1.82) is 0 Å². The van der Waals surface area contributed by atoms with Crippen LogP contribution in [0.2, 0.25) is 5.02 Å². The number of ether oxygens (including phenoxy) is 1. The zero-order valence-electron chi connectivity index (χ0n) is 12.1. The highest BCUT2D eigenvalue weighted by atomic mass is 35.5. The SMILES string of the molecule is O=C(Nc1ccc(Cl)c2cccnc12)C1Cc2ccccc2O1. The first-order valence-electron chi connectivity index (χ1n) is 7.31. The molecule has 0 radical (unpaired) electrons. The van der Waals surface area contributed by atoms with E-state index in [-0.39, 0.29) is 5.91 Å². The quantitative estimate of drug-likeness (QED) is 0.779. The van der Waals surface area contributed by atoms with E-state index >= 15 is 0 Å². The molecule has 4 nitrogen and oxygen atoms in total. The van der Waals surface area contributed by atoms with Gasteiger partial charge in [-0.15, -0.1) is 0 Å². The first kappa shape index (κ1) is 14.0. The van der Waals surface area contributed by atoms with Crippen molar-refractivity contribution in [2.45, 2.75) is 12.5 Å². The van der Waals surface area contributed by atoms with E-state index in [1.807, 2.05) is 36.4 Å². The van der Waals surface area contributed by atoms with E-state index < -0.39 is 6.10 Å². The third-order valence-electron chi connectivity index (χ3n) is 3.91. The van der Waals surface area contributed by atoms with Crippen LogP contribution in [0.15, 0.2) is 54.7 Å². The van der Waals surface area contributed by atoms with Crippen molar-refractivity contribution in [2.24, 2.45) is 0 Å². The minimum Gasteiger partial charge on any atom is -0.480 e. The fraction of sp³-hybridized carbons (Fsp3) is 0.111. The molecule has 0 saturated carbocycles. The molecule has 1 aromatic heterocycles. The maximum atomic E-state index is 12.5. The van der Waals surface area contributed by atoms with E-state index in [4.69, 9.17) is 16.3 Å². The summed E-state index contributed by atoms with van der Waals surface area (Å²) in [4.78, 5) is 16.8. The number of amides is 1. The Morgan fingerprint density at radius 1 is 1.17 bits per heavy atom. The Bertz CT molecular complexity index is 885. The van der Waals surface area contributed by atoms with Gasteiger partial charge in [0.15, 0.2) is 6.10 Å². The van der Waals surface area contributed by atoms with Crippen LogP contribution in [0.25, 0.3) is 10.9 Å². The van der Waals surface area contributed by atoms with Gasteiger partial charge in [-0.05, 0) is 35.9 Å². The van der Waals surface area contributed by atoms with Crippen molar-refractivity contribution in [3.8, 4) is 5.75 Å². The number of aromatic nitrogens is 1. The van der Waals surface area contributed by atoms with E-state index in [2.05, 4.69) is 10.3 Å². The third kappa shape index (κ3) is 2.51. The number of benzene rings is 2. The Morgan fingerprint density at radius 2 is 2.04 bits per heavy atom. The first-order valence-corrected chi connectivity index (χ1v) is 7.69. The van der Waals surface area contributed by atoms with Crippen molar-refractivity contribution in [1.82, 2.24) is 4.98 Å². The lowest BCUT2D eigenvalue weighted by Gasteiger charge is -2.13. The second kappa shape index (κ2) is 5.56. The number of para-hydroxylation sites is 1. The van der Waals surface area contributed by atoms with Crippen LogP contribution >= 0.6 is 11.6 Å². The van der Waals surface area contributed by atoms with Crippen molar-refractivity contribution in [3.05, 3.63) is 65.3 Å². The predicted octanol–water partition coefficient (Wildman–Crippen LogP) is 3.83. The largest absolute Gasteiger partial charge is 0.480 e. The van der Waals surface area contributed by atoms with Gasteiger partial charge in [0.1, 0.15) is 5.75 Å². The molecule has 2 aromatic carbocycles. The van der Waals surface area contributed by atoms with Gasteiger partial charge in [-0.3, -0.25) is 9.78 Å². The van der Waals surface area contributed by atoms with Gasteiger partial charge in [0.25, 0.3) is 5.91 Å². The van der Waals surface area contributed by atoms with Gasteiger partial charge < -0.3 is 10.1 Å². The fourth-order valence-corrected chi connectivity index (χ4v) is 3.00. The van der Waals surface area contributed by atoms with E-state index in [1.165, 1.54) is 0 Å². The van der Waals surface area contributed by atoms with Gasteiger partial charge >= 0.3 is 0 Å². The minimum atomic E-state index is -0.526. The average molecular weight is 325 g/mol. The number of fused-ring (bicyclic) bond motifs is 2. The highest BCUT2D eigenvalue weighted by Crippen LogP contribution is 2.31. The second-order valence-electron chi connectivity index (χ2n) is 5.40. The Kier molecular flexibility index (Phi) is 3.39. The first-order chi connectivity index (χ1) is 11.2. The van der Waals surface area contributed by atoms with Crippen LogP contribution in [-0.2, 0) is 11.2 Å². The number of carbonyl (C=O) groups excluding carboxylic acids is 1. The molecule has 1 unspecified atom stereocenters. The molecule has 5 heteroatoms. The van der Waals surface area contributed by atoms with Gasteiger partial charge in [0.2, 0.25) is 0 Å². The molecule has 0 bridgehead atoms. The summed E-state index contributed by atoms with van der Waals surface area (Å²) >= 11 is 6.18. The van der Waals surface area contributed by atoms with E-state index in [1.54, 1.807) is 18.3 Å². The van der Waals surface area contributed by atoms with E-state index in [0.717, 1.165) is 16.7 Å². The van der Waals surface area contributed by atoms with Crippen LogP contribution in [-0.4, -0.2) is 17.0 Å². The number of nitrogens with zero attached hydrogens (tertiary/aromatic N) is 1. The molecule has 1 N–H and O–H groups in total. The monoisotopic (exact) mass is 324 g/mol. The Labute approximate surface area is 138 Å². The molecule has 114 valence electrons. The van der Waals surface area contributed by atoms with Gasteiger partial charge in [0.05, 0.1) is 16.2 Å². The summed E-state index contributed by atoms with van der Waals surface area (Å²) in [6, 6.07) is 14.9. The number of rotatable bonds is 2. The maximum Gasteiger partial charge on any atom is 0.265 e. The van der Waals surface area contributed by atoms with Crippen LogP contribution in [0.1, 0.15) is 5.56 Å². The lowest BCUT2D eigenvalue weighted by atomic mass is 10.1. The molecule has 1 atom stereocenters. The molecule has 3 aromatic rings. The van der Waals surface area contributed by atoms with Crippen molar-refractivity contribution >= 4 is 34.1 Å². The number of carbonyl (C=O) groups is 1. The molecule has 4 rings (SSSR count). The Hall–Kier alpha value is -2.59. The predicted molar refractivity (Wildman–Crippen MR) is 89.9 cm³/mol. The summed E-state index contributed by atoms with van der Waals surface area (Å²) in [6.45, 7) is 0. The molecule has 1 amide bonds. The lowest BCUT2D eigenvalue weighted by molar-refractivity contribution is -0.122. The molecule has 2 heterocycles. The lowest BCUT2D eigenvalue weighted by Crippen LogP contribution is -2.31. The topological polar surface area (TPSA) is 51.2 Å². The van der Waals surface area contributed by atoms with Crippen molar-refractivity contribution in [2.75, 3.05) is 5.32 Å². The summed E-state index contributed by atoms with van der Waals surface area (Å²) in [5.74, 6) is 0.585. The standard InChI is InChI=1S/C18H13ClN2O2/c19-13-7-8-14(17-12(13)5-3-9-20-17)21-18(22)16-10-11-4-1-2-6-15(11)23-16/h1-9,16H,10H2,(H,21,22). The molecular formula is C18H13ClN2O2. The summed E-state index contributed by atoms with van der Waals surface area (Å²) in [5, 5.41) is 4.32. The zero-order chi connectivity index (χ0) is 15.8. The highest BCUT2D eigenvalue weighted by molar-refractivity contribution is 6.35. The number of anilines is 1. The number of nitrogens with one attached hydrogen (secondary N) is 1. The average Bonchev–Trinajstić information content (AvgIpc) is 3.02. The molecule has 0 aliphatic carbocycles. The molecule has 23 heavy (non-hydrogen) atoms. The fourth-order valence-electron chi connectivity index (χ4n) is 2.78. The van der Waals surface area contributed by atoms with Gasteiger partial charge in [-0.25, -0.2) is 0 Å². The van der Waals surface area contributed by atoms with Gasteiger partial charge in [0, 0.05) is 18.0 Å². The number of halogens is 1. The number of hydrogen-bond acceptors (Lipinski definition) is 3. The summed E-state index contributed by atoms with van der Waals surface area (Å²) in [6.07, 6.45) is 1.72. The molecule has 0 fully saturated rings. The molecule has 0 spiro atoms. The van der Waals surface area contributed by atoms with Crippen LogP contribution in [0, 0.1) is 0 Å². The highest BCUT2D eigenvalue weighted by Gasteiger charge is 2.29. The second-order valence-corrected chi connectivity index (χ2v) is 5.81. The Balaban J connectivity index is 1.60. The van der Waals surface area contributed by atoms with Crippen LogP contribution in [0.5, 0.6) is 5.75 Å². The Morgan fingerprint density at radius 3 is 2.91 bits per heavy atom. The normalized spacial score (nSPS) is 16.0. The summed E-state index contributed by atoms with van der Waals surface area (Å²) < 4.78 is 5.72. The summed E-state index contributed by atoms with van der Waals surface area (Å²) in [7, 11) is 0. The molecule has 1 aliphatic rings. The van der Waals surface area contributed by atoms with Gasteiger partial charge in [-0.1, -0.05) is 29.8 Å². The van der Waals surface area contributed by atoms with Crippen LogP contribution in [0.3, 0.4) is 0 Å². The zero-order valence-corrected chi connectivity index (χ0v) is 12.9.